The topological polar surface area (TPSA) is 104 Å². The van der Waals surface area contributed by atoms with Crippen molar-refractivity contribution in [2.45, 2.75) is 19.1 Å². The second-order valence-electron chi connectivity index (χ2n) is 8.59. The molecule has 0 bridgehead atoms. The van der Waals surface area contributed by atoms with Gasteiger partial charge >= 0.3 is 6.03 Å². The molecule has 0 aliphatic carbocycles. The van der Waals surface area contributed by atoms with E-state index in [-0.39, 0.29) is 10.7 Å². The number of fused-ring (bicyclic) bond motifs is 1. The van der Waals surface area contributed by atoms with Crippen LogP contribution in [0.3, 0.4) is 0 Å². The average molecular weight is 501 g/mol. The second-order valence-corrected chi connectivity index (χ2v) is 8.95. The van der Waals surface area contributed by atoms with Crippen molar-refractivity contribution < 1.29 is 14.3 Å². The van der Waals surface area contributed by atoms with Crippen molar-refractivity contribution in [1.82, 2.24) is 9.47 Å². The molecule has 0 radical (unpaired) electrons. The Kier molecular flexibility index (Phi) is 6.40. The molecule has 0 saturated heterocycles. The Morgan fingerprint density at radius 2 is 1.56 bits per heavy atom. The van der Waals surface area contributed by atoms with Crippen molar-refractivity contribution in [3.63, 3.8) is 0 Å². The van der Waals surface area contributed by atoms with Gasteiger partial charge in [-0.3, -0.25) is 4.79 Å². The Balaban J connectivity index is 1.57. The van der Waals surface area contributed by atoms with Crippen LogP contribution in [-0.4, -0.2) is 28.0 Å². The van der Waals surface area contributed by atoms with Crippen LogP contribution in [0.1, 0.15) is 38.8 Å². The highest BCUT2D eigenvalue weighted by molar-refractivity contribution is 6.33. The molecule has 5 rings (SSSR count). The summed E-state index contributed by atoms with van der Waals surface area (Å²) < 4.78 is 7.75. The SMILES string of the molecule is NC(=O)c1c2c(n(-c3ccccc3)c1Cl)CCN(C(N)=O)C2c1ccc(OCc2ccccc2)cc1. The molecular weight excluding hydrogens is 476 g/mol. The predicted molar refractivity (Wildman–Crippen MR) is 138 cm³/mol. The zero-order valence-electron chi connectivity index (χ0n) is 19.4. The fourth-order valence-electron chi connectivity index (χ4n) is 4.81. The van der Waals surface area contributed by atoms with Crippen LogP contribution in [-0.2, 0) is 13.0 Å². The minimum absolute atomic E-state index is 0.191. The largest absolute Gasteiger partial charge is 0.489 e. The number of rotatable bonds is 6. The number of ether oxygens (including phenoxy) is 1. The van der Waals surface area contributed by atoms with E-state index in [1.54, 1.807) is 4.90 Å². The molecule has 1 aliphatic rings. The van der Waals surface area contributed by atoms with Crippen LogP contribution in [0.2, 0.25) is 5.15 Å². The van der Waals surface area contributed by atoms with E-state index < -0.39 is 18.0 Å². The number of halogens is 1. The van der Waals surface area contributed by atoms with Gasteiger partial charge in [0.25, 0.3) is 5.91 Å². The smallest absolute Gasteiger partial charge is 0.315 e. The molecule has 8 heteroatoms. The van der Waals surface area contributed by atoms with Crippen molar-refractivity contribution in [3.05, 3.63) is 118 Å². The highest BCUT2D eigenvalue weighted by Crippen LogP contribution is 2.43. The summed E-state index contributed by atoms with van der Waals surface area (Å²) in [6, 6.07) is 25.6. The molecule has 36 heavy (non-hydrogen) atoms. The van der Waals surface area contributed by atoms with Crippen LogP contribution < -0.4 is 16.2 Å². The lowest BCUT2D eigenvalue weighted by Crippen LogP contribution is -2.44. The molecule has 2 heterocycles. The highest BCUT2D eigenvalue weighted by Gasteiger charge is 2.39. The number of nitrogens with two attached hydrogens (primary N) is 2. The predicted octanol–water partition coefficient (Wildman–Crippen LogP) is 4.83. The molecule has 3 amide bonds. The van der Waals surface area contributed by atoms with E-state index in [0.29, 0.717) is 30.9 Å². The third-order valence-electron chi connectivity index (χ3n) is 6.42. The van der Waals surface area contributed by atoms with Crippen molar-refractivity contribution >= 4 is 23.5 Å². The van der Waals surface area contributed by atoms with Gasteiger partial charge in [0.1, 0.15) is 17.5 Å². The molecule has 0 spiro atoms. The highest BCUT2D eigenvalue weighted by atomic mass is 35.5. The number of urea groups is 1. The number of hydrogen-bond acceptors (Lipinski definition) is 3. The van der Waals surface area contributed by atoms with Crippen LogP contribution in [0.5, 0.6) is 5.75 Å². The van der Waals surface area contributed by atoms with Crippen LogP contribution in [0.15, 0.2) is 84.9 Å². The molecule has 1 aliphatic heterocycles. The van der Waals surface area contributed by atoms with Crippen molar-refractivity contribution in [2.75, 3.05) is 6.54 Å². The minimum atomic E-state index is -0.662. The number of benzene rings is 3. The van der Waals surface area contributed by atoms with E-state index >= 15 is 0 Å². The van der Waals surface area contributed by atoms with E-state index in [9.17, 15) is 9.59 Å². The van der Waals surface area contributed by atoms with E-state index in [1.165, 1.54) is 0 Å². The lowest BCUT2D eigenvalue weighted by molar-refractivity contribution is 0.0997. The summed E-state index contributed by atoms with van der Waals surface area (Å²) in [6.45, 7) is 0.799. The maximum atomic E-state index is 12.6. The van der Waals surface area contributed by atoms with Gasteiger partial charge in [-0.1, -0.05) is 72.3 Å². The van der Waals surface area contributed by atoms with E-state index in [2.05, 4.69) is 0 Å². The number of carbonyl (C=O) groups is 2. The Bertz CT molecular complexity index is 1400. The second kappa shape index (κ2) is 9.79. The first-order chi connectivity index (χ1) is 17.5. The molecule has 1 aromatic heterocycles. The Hall–Kier alpha value is -4.23. The van der Waals surface area contributed by atoms with E-state index in [1.807, 2.05) is 89.5 Å². The summed E-state index contributed by atoms with van der Waals surface area (Å²) in [5.74, 6) is 0.0179. The standard InChI is InChI=1S/C28H25ClN4O3/c29-26-24(27(30)34)23-22(33(26)20-9-5-2-6-10-20)15-16-32(28(31)35)25(23)19-11-13-21(14-12-19)36-17-18-7-3-1-4-8-18/h1-14,25H,15-17H2,(H2,30,34)(H2,31,35). The summed E-state index contributed by atoms with van der Waals surface area (Å²) in [4.78, 5) is 26.7. The lowest BCUT2D eigenvalue weighted by atomic mass is 9.89. The third kappa shape index (κ3) is 4.29. The molecule has 3 aromatic carbocycles. The fraction of sp³-hybridized carbons (Fsp3) is 0.143. The summed E-state index contributed by atoms with van der Waals surface area (Å²) in [5, 5.41) is 0.220. The van der Waals surface area contributed by atoms with Gasteiger partial charge in [0.2, 0.25) is 0 Å². The van der Waals surface area contributed by atoms with Crippen molar-refractivity contribution in [1.29, 1.82) is 0 Å². The van der Waals surface area contributed by atoms with E-state index in [4.69, 9.17) is 27.8 Å². The number of carbonyl (C=O) groups excluding carboxylic acids is 2. The number of para-hydroxylation sites is 1. The van der Waals surface area contributed by atoms with Crippen LogP contribution in [0, 0.1) is 0 Å². The molecule has 182 valence electrons. The Labute approximate surface area is 213 Å². The first-order valence-electron chi connectivity index (χ1n) is 11.6. The Morgan fingerprint density at radius 3 is 2.17 bits per heavy atom. The zero-order valence-corrected chi connectivity index (χ0v) is 20.2. The average Bonchev–Trinajstić information content (AvgIpc) is 3.20. The van der Waals surface area contributed by atoms with Gasteiger partial charge < -0.3 is 25.7 Å². The maximum Gasteiger partial charge on any atom is 0.315 e. The maximum absolute atomic E-state index is 12.6. The molecule has 0 fully saturated rings. The van der Waals surface area contributed by atoms with E-state index in [0.717, 1.165) is 22.5 Å². The van der Waals surface area contributed by atoms with Crippen LogP contribution >= 0.6 is 11.6 Å². The van der Waals surface area contributed by atoms with Crippen molar-refractivity contribution in [2.24, 2.45) is 11.5 Å². The summed E-state index contributed by atoms with van der Waals surface area (Å²) in [5.41, 5.74) is 15.8. The van der Waals surface area contributed by atoms with Gasteiger partial charge in [0, 0.05) is 29.9 Å². The molecular formula is C28H25ClN4O3. The number of primary amides is 2. The quantitative estimate of drug-likeness (QED) is 0.396. The fourth-order valence-corrected chi connectivity index (χ4v) is 5.20. The van der Waals surface area contributed by atoms with Crippen LogP contribution in [0.4, 0.5) is 4.79 Å². The number of hydrogen-bond donors (Lipinski definition) is 2. The molecule has 7 nitrogen and oxygen atoms in total. The first-order valence-corrected chi connectivity index (χ1v) is 11.9. The minimum Gasteiger partial charge on any atom is -0.489 e. The van der Waals surface area contributed by atoms with Gasteiger partial charge in [-0.25, -0.2) is 4.79 Å². The van der Waals surface area contributed by atoms with Gasteiger partial charge in [0.05, 0.1) is 11.6 Å². The molecule has 4 aromatic rings. The first kappa shape index (κ1) is 23.5. The van der Waals surface area contributed by atoms with Gasteiger partial charge in [0.15, 0.2) is 0 Å². The van der Waals surface area contributed by atoms with Gasteiger partial charge in [-0.15, -0.1) is 0 Å². The van der Waals surface area contributed by atoms with Crippen molar-refractivity contribution in [3.8, 4) is 11.4 Å². The summed E-state index contributed by atoms with van der Waals surface area (Å²) >= 11 is 6.76. The van der Waals surface area contributed by atoms with Gasteiger partial charge in [-0.05, 0) is 35.4 Å². The molecule has 0 saturated carbocycles. The number of aromatic nitrogens is 1. The summed E-state index contributed by atoms with van der Waals surface area (Å²) in [7, 11) is 0. The van der Waals surface area contributed by atoms with Gasteiger partial charge in [-0.2, -0.15) is 0 Å². The Morgan fingerprint density at radius 1 is 0.917 bits per heavy atom. The number of amides is 3. The number of nitrogens with zero attached hydrogens (tertiary/aromatic N) is 2. The molecule has 1 atom stereocenters. The molecule has 1 unspecified atom stereocenters. The molecule has 4 N–H and O–H groups in total. The zero-order chi connectivity index (χ0) is 25.2. The third-order valence-corrected chi connectivity index (χ3v) is 6.77. The van der Waals surface area contributed by atoms with Crippen LogP contribution in [0.25, 0.3) is 5.69 Å². The summed E-state index contributed by atoms with van der Waals surface area (Å²) in [6.07, 6.45) is 0.467. The lowest BCUT2D eigenvalue weighted by Gasteiger charge is -2.36. The normalized spacial score (nSPS) is 14.8. The monoisotopic (exact) mass is 500 g/mol.